The quantitative estimate of drug-likeness (QED) is 0.707. The normalized spacial score (nSPS) is 16.9. The molecule has 1 aliphatic rings. The van der Waals surface area contributed by atoms with Gasteiger partial charge in [-0.15, -0.1) is 0 Å². The number of nitrogens with one attached hydrogen (secondary N) is 3. The minimum atomic E-state index is -3.57. The molecule has 7 nitrogen and oxygen atoms in total. The molecule has 0 radical (unpaired) electrons. The van der Waals surface area contributed by atoms with Gasteiger partial charge in [0.1, 0.15) is 0 Å². The molecule has 0 saturated carbocycles. The van der Waals surface area contributed by atoms with Gasteiger partial charge in [-0.2, -0.15) is 0 Å². The maximum Gasteiger partial charge on any atom is 0.245 e. The van der Waals surface area contributed by atoms with Gasteiger partial charge in [0, 0.05) is 24.1 Å². The second-order valence-electron chi connectivity index (χ2n) is 6.35. The van der Waals surface area contributed by atoms with Crippen LogP contribution in [0.4, 0.5) is 11.4 Å². The number of carbonyl (C=O) groups is 2. The zero-order chi connectivity index (χ0) is 18.5. The van der Waals surface area contributed by atoms with Crippen molar-refractivity contribution in [3.63, 3.8) is 0 Å². The third-order valence-electron chi connectivity index (χ3n) is 4.42. The Kier molecular flexibility index (Phi) is 6.18. The largest absolute Gasteiger partial charge is 0.326 e. The van der Waals surface area contributed by atoms with Gasteiger partial charge in [-0.1, -0.05) is 13.0 Å². The van der Waals surface area contributed by atoms with Crippen LogP contribution in [0.1, 0.15) is 32.6 Å². The van der Waals surface area contributed by atoms with Gasteiger partial charge in [0.25, 0.3) is 0 Å². The zero-order valence-electron chi connectivity index (χ0n) is 14.6. The number of hydrogen-bond donors (Lipinski definition) is 3. The molecule has 138 valence electrons. The van der Waals surface area contributed by atoms with Crippen LogP contribution in [0, 0.1) is 0 Å². The van der Waals surface area contributed by atoms with Crippen molar-refractivity contribution in [1.82, 2.24) is 5.32 Å². The fourth-order valence-corrected chi connectivity index (χ4v) is 4.30. The number of anilines is 2. The van der Waals surface area contributed by atoms with Gasteiger partial charge in [0.2, 0.25) is 11.8 Å². The summed E-state index contributed by atoms with van der Waals surface area (Å²) in [4.78, 5) is 24.5. The van der Waals surface area contributed by atoms with E-state index >= 15 is 0 Å². The minimum Gasteiger partial charge on any atom is -0.326 e. The molecule has 0 bridgehead atoms. The molecule has 8 heteroatoms. The number of hydrogen-bond acceptors (Lipinski definition) is 5. The minimum absolute atomic E-state index is 0.100. The average molecular weight is 367 g/mol. The Morgan fingerprint density at radius 1 is 1.16 bits per heavy atom. The summed E-state index contributed by atoms with van der Waals surface area (Å²) in [6.45, 7) is 2.88. The van der Waals surface area contributed by atoms with Crippen LogP contribution in [0.15, 0.2) is 24.3 Å². The van der Waals surface area contributed by atoms with Gasteiger partial charge in [-0.05, 0) is 50.6 Å². The predicted octanol–water partition coefficient (Wildman–Crippen LogP) is 1.53. The Labute approximate surface area is 148 Å². The highest BCUT2D eigenvalue weighted by Crippen LogP contribution is 2.29. The van der Waals surface area contributed by atoms with Crippen molar-refractivity contribution in [3.8, 4) is 0 Å². The van der Waals surface area contributed by atoms with Gasteiger partial charge < -0.3 is 16.0 Å². The number of rotatable bonds is 6. The summed E-state index contributed by atoms with van der Waals surface area (Å²) in [5, 5.41) is 8.55. The highest BCUT2D eigenvalue weighted by molar-refractivity contribution is 7.92. The summed E-state index contributed by atoms with van der Waals surface area (Å²) >= 11 is 0. The molecular formula is C17H25N3O4S. The van der Waals surface area contributed by atoms with Crippen molar-refractivity contribution in [2.24, 2.45) is 0 Å². The fourth-order valence-electron chi connectivity index (χ4n) is 2.97. The van der Waals surface area contributed by atoms with E-state index in [1.807, 2.05) is 6.92 Å². The Morgan fingerprint density at radius 2 is 1.76 bits per heavy atom. The number of amides is 2. The molecule has 2 amide bonds. The Bertz CT molecular complexity index is 740. The van der Waals surface area contributed by atoms with Crippen molar-refractivity contribution < 1.29 is 18.0 Å². The molecule has 0 unspecified atom stereocenters. The van der Waals surface area contributed by atoms with Crippen molar-refractivity contribution >= 4 is 33.0 Å². The van der Waals surface area contributed by atoms with Crippen molar-refractivity contribution in [3.05, 3.63) is 24.3 Å². The van der Waals surface area contributed by atoms with Crippen LogP contribution >= 0.6 is 0 Å². The third-order valence-corrected chi connectivity index (χ3v) is 6.43. The van der Waals surface area contributed by atoms with Crippen molar-refractivity contribution in [2.45, 2.75) is 37.4 Å². The molecule has 3 N–H and O–H groups in total. The van der Waals surface area contributed by atoms with Crippen LogP contribution in [-0.2, 0) is 19.4 Å². The summed E-state index contributed by atoms with van der Waals surface area (Å²) in [6.07, 6.45) is 2.75. The lowest BCUT2D eigenvalue weighted by molar-refractivity contribution is -0.119. The van der Waals surface area contributed by atoms with E-state index in [0.29, 0.717) is 30.9 Å². The SMILES string of the molecule is CCCC(=O)Nc1cccc(NC(=O)C2(S(C)(=O)=O)CCNCC2)c1. The van der Waals surface area contributed by atoms with Crippen LogP contribution in [0.3, 0.4) is 0 Å². The Hall–Kier alpha value is -1.93. The molecule has 1 fully saturated rings. The van der Waals surface area contributed by atoms with Crippen molar-refractivity contribution in [1.29, 1.82) is 0 Å². The monoisotopic (exact) mass is 367 g/mol. The first-order valence-electron chi connectivity index (χ1n) is 8.40. The highest BCUT2D eigenvalue weighted by Gasteiger charge is 2.48. The lowest BCUT2D eigenvalue weighted by atomic mass is 9.95. The predicted molar refractivity (Wildman–Crippen MR) is 98.3 cm³/mol. The Morgan fingerprint density at radius 3 is 2.32 bits per heavy atom. The van der Waals surface area contributed by atoms with E-state index in [2.05, 4.69) is 16.0 Å². The summed E-state index contributed by atoms with van der Waals surface area (Å²) in [5.74, 6) is -0.620. The molecule has 1 aromatic carbocycles. The molecule has 1 heterocycles. The van der Waals surface area contributed by atoms with E-state index in [0.717, 1.165) is 12.7 Å². The first-order chi connectivity index (χ1) is 11.8. The number of benzene rings is 1. The Balaban J connectivity index is 2.17. The summed E-state index contributed by atoms with van der Waals surface area (Å²) in [7, 11) is -3.57. The van der Waals surface area contributed by atoms with E-state index in [9.17, 15) is 18.0 Å². The molecule has 0 atom stereocenters. The summed E-state index contributed by atoms with van der Waals surface area (Å²) in [6, 6.07) is 6.72. The maximum absolute atomic E-state index is 12.8. The van der Waals surface area contributed by atoms with E-state index in [4.69, 9.17) is 0 Å². The average Bonchev–Trinajstić information content (AvgIpc) is 2.55. The van der Waals surface area contributed by atoms with Crippen LogP contribution in [-0.4, -0.2) is 44.3 Å². The molecule has 1 aliphatic heterocycles. The second-order valence-corrected chi connectivity index (χ2v) is 8.68. The first kappa shape index (κ1) is 19.4. The topological polar surface area (TPSA) is 104 Å². The second kappa shape index (κ2) is 7.97. The van der Waals surface area contributed by atoms with E-state index < -0.39 is 20.5 Å². The zero-order valence-corrected chi connectivity index (χ0v) is 15.4. The van der Waals surface area contributed by atoms with Gasteiger partial charge in [-0.25, -0.2) is 8.42 Å². The summed E-state index contributed by atoms with van der Waals surface area (Å²) < 4.78 is 23.1. The van der Waals surface area contributed by atoms with E-state index in [-0.39, 0.29) is 18.7 Å². The van der Waals surface area contributed by atoms with Gasteiger partial charge in [0.15, 0.2) is 14.6 Å². The number of piperidine rings is 1. The van der Waals surface area contributed by atoms with Crippen LogP contribution in [0.25, 0.3) is 0 Å². The molecule has 2 rings (SSSR count). The molecule has 0 aromatic heterocycles. The van der Waals surface area contributed by atoms with E-state index in [1.54, 1.807) is 24.3 Å². The van der Waals surface area contributed by atoms with Gasteiger partial charge >= 0.3 is 0 Å². The lowest BCUT2D eigenvalue weighted by Crippen LogP contribution is -2.55. The molecule has 0 spiro atoms. The molecule has 25 heavy (non-hydrogen) atoms. The molecular weight excluding hydrogens is 342 g/mol. The van der Waals surface area contributed by atoms with Gasteiger partial charge in [-0.3, -0.25) is 9.59 Å². The molecule has 1 aromatic rings. The molecule has 0 aliphatic carbocycles. The fraction of sp³-hybridized carbons (Fsp3) is 0.529. The van der Waals surface area contributed by atoms with E-state index in [1.165, 1.54) is 0 Å². The van der Waals surface area contributed by atoms with Crippen molar-refractivity contribution in [2.75, 3.05) is 30.0 Å². The van der Waals surface area contributed by atoms with Crippen LogP contribution in [0.2, 0.25) is 0 Å². The third kappa shape index (κ3) is 4.58. The number of carbonyl (C=O) groups excluding carboxylic acids is 2. The summed E-state index contributed by atoms with van der Waals surface area (Å²) in [5.41, 5.74) is 1.02. The highest BCUT2D eigenvalue weighted by atomic mass is 32.2. The van der Waals surface area contributed by atoms with Crippen LogP contribution < -0.4 is 16.0 Å². The van der Waals surface area contributed by atoms with Gasteiger partial charge in [0.05, 0.1) is 0 Å². The first-order valence-corrected chi connectivity index (χ1v) is 10.3. The lowest BCUT2D eigenvalue weighted by Gasteiger charge is -2.34. The standard InChI is InChI=1S/C17H25N3O4S/c1-3-5-15(21)19-13-6-4-7-14(12-13)20-16(22)17(25(2,23)24)8-10-18-11-9-17/h4,6-7,12,18H,3,5,8-11H2,1-2H3,(H,19,21)(H,20,22). The van der Waals surface area contributed by atoms with Crippen LogP contribution in [0.5, 0.6) is 0 Å². The maximum atomic E-state index is 12.8. The smallest absolute Gasteiger partial charge is 0.245 e. The number of sulfone groups is 1. The molecule has 1 saturated heterocycles.